The molecule has 2 nitrogen and oxygen atoms in total. The summed E-state index contributed by atoms with van der Waals surface area (Å²) in [6, 6.07) is 0.332. The zero-order valence-corrected chi connectivity index (χ0v) is 11.9. The van der Waals surface area contributed by atoms with Crippen molar-refractivity contribution in [2.45, 2.75) is 44.8 Å². The molecule has 1 aliphatic heterocycles. The van der Waals surface area contributed by atoms with Crippen molar-refractivity contribution in [2.75, 3.05) is 24.6 Å². The van der Waals surface area contributed by atoms with Crippen molar-refractivity contribution < 1.29 is 5.11 Å². The molecular formula is C14H25NOS. The van der Waals surface area contributed by atoms with Gasteiger partial charge in [0.25, 0.3) is 0 Å². The van der Waals surface area contributed by atoms with Gasteiger partial charge in [0.05, 0.1) is 5.60 Å². The number of nitrogens with zero attached hydrogens (tertiary/aromatic N) is 1. The van der Waals surface area contributed by atoms with E-state index in [0.717, 1.165) is 32.4 Å². The van der Waals surface area contributed by atoms with E-state index in [1.165, 1.54) is 17.1 Å². The van der Waals surface area contributed by atoms with E-state index in [-0.39, 0.29) is 0 Å². The number of rotatable bonds is 2. The Morgan fingerprint density at radius 3 is 2.65 bits per heavy atom. The molecule has 0 spiro atoms. The molecule has 0 amide bonds. The Labute approximate surface area is 109 Å². The number of thioether (sulfide) groups is 1. The third-order valence-corrected chi connectivity index (χ3v) is 5.35. The van der Waals surface area contributed by atoms with Crippen LogP contribution in [0.2, 0.25) is 0 Å². The minimum Gasteiger partial charge on any atom is -0.389 e. The van der Waals surface area contributed by atoms with Crippen LogP contribution in [0.5, 0.6) is 0 Å². The summed E-state index contributed by atoms with van der Waals surface area (Å²) in [6.07, 6.45) is 3.10. The molecule has 1 aliphatic carbocycles. The first kappa shape index (κ1) is 13.4. The molecule has 1 saturated carbocycles. The van der Waals surface area contributed by atoms with E-state index in [2.05, 4.69) is 18.4 Å². The molecule has 0 bridgehead atoms. The lowest BCUT2D eigenvalue weighted by atomic mass is 9.73. The third-order valence-electron chi connectivity index (χ3n) is 4.41. The Morgan fingerprint density at radius 1 is 1.41 bits per heavy atom. The Balaban J connectivity index is 2.06. The number of aliphatic hydroxyl groups is 1. The van der Waals surface area contributed by atoms with Crippen LogP contribution in [0.15, 0.2) is 12.2 Å². The first-order valence-corrected chi connectivity index (χ1v) is 7.86. The fraction of sp³-hybridized carbons (Fsp3) is 0.857. The third kappa shape index (κ3) is 3.07. The van der Waals surface area contributed by atoms with Crippen molar-refractivity contribution in [2.24, 2.45) is 5.92 Å². The largest absolute Gasteiger partial charge is 0.389 e. The second-order valence-corrected chi connectivity index (χ2v) is 7.06. The predicted octanol–water partition coefficient (Wildman–Crippen LogP) is 2.53. The highest BCUT2D eigenvalue weighted by Gasteiger charge is 2.41. The minimum atomic E-state index is -0.506. The Kier molecular flexibility index (Phi) is 4.22. The van der Waals surface area contributed by atoms with Crippen molar-refractivity contribution >= 4 is 11.8 Å². The van der Waals surface area contributed by atoms with Gasteiger partial charge in [-0.2, -0.15) is 11.8 Å². The van der Waals surface area contributed by atoms with E-state index in [0.29, 0.717) is 12.0 Å². The van der Waals surface area contributed by atoms with Gasteiger partial charge in [-0.25, -0.2) is 0 Å². The van der Waals surface area contributed by atoms with Gasteiger partial charge in [0.1, 0.15) is 0 Å². The summed E-state index contributed by atoms with van der Waals surface area (Å²) < 4.78 is 0. The number of allylic oxidation sites excluding steroid dienone is 1. The van der Waals surface area contributed by atoms with Crippen LogP contribution in [0, 0.1) is 5.92 Å². The SMILES string of the molecule is C=C(C)[C@H]1CC[C@@](C)(O)[C@H](N2CCSCC2)C1. The molecule has 0 unspecified atom stereocenters. The molecular weight excluding hydrogens is 230 g/mol. The van der Waals surface area contributed by atoms with E-state index in [1.54, 1.807) is 0 Å². The highest BCUT2D eigenvalue weighted by molar-refractivity contribution is 7.99. The smallest absolute Gasteiger partial charge is 0.0774 e. The quantitative estimate of drug-likeness (QED) is 0.767. The molecule has 0 radical (unpaired) electrons. The summed E-state index contributed by atoms with van der Waals surface area (Å²) in [5, 5.41) is 10.6. The number of hydrogen-bond acceptors (Lipinski definition) is 3. The second-order valence-electron chi connectivity index (χ2n) is 5.84. The van der Waals surface area contributed by atoms with Gasteiger partial charge in [-0.15, -0.1) is 0 Å². The van der Waals surface area contributed by atoms with E-state index in [1.807, 2.05) is 18.7 Å². The van der Waals surface area contributed by atoms with Gasteiger partial charge < -0.3 is 5.11 Å². The molecule has 17 heavy (non-hydrogen) atoms. The molecule has 1 N–H and O–H groups in total. The molecule has 98 valence electrons. The van der Waals surface area contributed by atoms with Gasteiger partial charge in [0, 0.05) is 30.6 Å². The fourth-order valence-corrected chi connectivity index (χ4v) is 4.08. The Morgan fingerprint density at radius 2 is 2.06 bits per heavy atom. The summed E-state index contributed by atoms with van der Waals surface area (Å²) in [4.78, 5) is 2.51. The van der Waals surface area contributed by atoms with Gasteiger partial charge in [-0.1, -0.05) is 12.2 Å². The Bertz CT molecular complexity index is 284. The lowest BCUT2D eigenvalue weighted by molar-refractivity contribution is -0.0666. The van der Waals surface area contributed by atoms with E-state index in [4.69, 9.17) is 0 Å². The predicted molar refractivity (Wildman–Crippen MR) is 75.5 cm³/mol. The highest BCUT2D eigenvalue weighted by Crippen LogP contribution is 2.38. The normalized spacial score (nSPS) is 40.2. The Hall–Kier alpha value is 0.0100. The molecule has 1 saturated heterocycles. The average Bonchev–Trinajstić information content (AvgIpc) is 2.29. The first-order valence-electron chi connectivity index (χ1n) is 6.70. The topological polar surface area (TPSA) is 23.5 Å². The lowest BCUT2D eigenvalue weighted by Gasteiger charge is -2.47. The van der Waals surface area contributed by atoms with Gasteiger partial charge in [-0.05, 0) is 39.0 Å². The molecule has 1 heterocycles. The molecule has 2 aliphatic rings. The molecule has 0 aromatic carbocycles. The zero-order valence-electron chi connectivity index (χ0n) is 11.1. The lowest BCUT2D eigenvalue weighted by Crippen LogP contribution is -2.56. The van der Waals surface area contributed by atoms with E-state index in [9.17, 15) is 5.11 Å². The summed E-state index contributed by atoms with van der Waals surface area (Å²) in [5.74, 6) is 3.03. The van der Waals surface area contributed by atoms with Crippen LogP contribution in [0.3, 0.4) is 0 Å². The standard InChI is InChI=1S/C14H25NOS/c1-11(2)12-4-5-14(3,16)13(10-12)15-6-8-17-9-7-15/h12-13,16H,1,4-10H2,2-3H3/t12-,13+,14+/m0/s1. The van der Waals surface area contributed by atoms with Gasteiger partial charge in [0.15, 0.2) is 0 Å². The summed E-state index contributed by atoms with van der Waals surface area (Å²) in [7, 11) is 0. The molecule has 3 atom stereocenters. The van der Waals surface area contributed by atoms with Crippen LogP contribution in [-0.2, 0) is 0 Å². The summed E-state index contributed by atoms with van der Waals surface area (Å²) in [5.41, 5.74) is 0.783. The first-order chi connectivity index (χ1) is 8.00. The van der Waals surface area contributed by atoms with Crippen molar-refractivity contribution in [3.05, 3.63) is 12.2 Å². The van der Waals surface area contributed by atoms with Gasteiger partial charge in [-0.3, -0.25) is 4.90 Å². The van der Waals surface area contributed by atoms with Crippen molar-refractivity contribution in [1.29, 1.82) is 0 Å². The van der Waals surface area contributed by atoms with Crippen molar-refractivity contribution in [3.8, 4) is 0 Å². The van der Waals surface area contributed by atoms with Gasteiger partial charge in [0.2, 0.25) is 0 Å². The highest BCUT2D eigenvalue weighted by atomic mass is 32.2. The molecule has 0 aromatic heterocycles. The zero-order chi connectivity index (χ0) is 12.5. The second kappa shape index (κ2) is 5.33. The van der Waals surface area contributed by atoms with E-state index >= 15 is 0 Å². The summed E-state index contributed by atoms with van der Waals surface area (Å²) in [6.45, 7) is 10.5. The van der Waals surface area contributed by atoms with Crippen molar-refractivity contribution in [3.63, 3.8) is 0 Å². The number of hydrogen-bond donors (Lipinski definition) is 1. The maximum absolute atomic E-state index is 10.6. The monoisotopic (exact) mass is 255 g/mol. The van der Waals surface area contributed by atoms with Gasteiger partial charge >= 0.3 is 0 Å². The van der Waals surface area contributed by atoms with Crippen LogP contribution in [0.25, 0.3) is 0 Å². The van der Waals surface area contributed by atoms with Crippen LogP contribution in [0.1, 0.15) is 33.1 Å². The maximum Gasteiger partial charge on any atom is 0.0774 e. The molecule has 2 fully saturated rings. The maximum atomic E-state index is 10.6. The van der Waals surface area contributed by atoms with Crippen molar-refractivity contribution in [1.82, 2.24) is 4.90 Å². The molecule has 0 aromatic rings. The van der Waals surface area contributed by atoms with Crippen LogP contribution < -0.4 is 0 Å². The molecule has 3 heteroatoms. The van der Waals surface area contributed by atoms with E-state index < -0.39 is 5.60 Å². The minimum absolute atomic E-state index is 0.332. The fourth-order valence-electron chi connectivity index (χ4n) is 3.15. The van der Waals surface area contributed by atoms with Crippen LogP contribution in [0.4, 0.5) is 0 Å². The van der Waals surface area contributed by atoms with Crippen LogP contribution >= 0.6 is 11.8 Å². The molecule has 2 rings (SSSR count). The average molecular weight is 255 g/mol. The summed E-state index contributed by atoms with van der Waals surface area (Å²) >= 11 is 2.03. The van der Waals surface area contributed by atoms with Crippen LogP contribution in [-0.4, -0.2) is 46.2 Å².